The summed E-state index contributed by atoms with van der Waals surface area (Å²) in [6.45, 7) is 3.11. The van der Waals surface area contributed by atoms with E-state index >= 15 is 0 Å². The second-order valence-electron chi connectivity index (χ2n) is 3.49. The fourth-order valence-corrected chi connectivity index (χ4v) is 1.04. The minimum atomic E-state index is -0.435. The topological polar surface area (TPSA) is 63.7 Å². The third kappa shape index (κ3) is 2.38. The van der Waals surface area contributed by atoms with E-state index < -0.39 is 11.8 Å². The number of morpholine rings is 1. The normalized spacial score (nSPS) is 17.8. The van der Waals surface area contributed by atoms with Gasteiger partial charge in [-0.2, -0.15) is 0 Å². The van der Waals surface area contributed by atoms with E-state index in [4.69, 9.17) is 4.74 Å². The second-order valence-corrected chi connectivity index (χ2v) is 3.49. The Bertz CT molecular complexity index is 256. The van der Waals surface area contributed by atoms with Gasteiger partial charge >= 0.3 is 0 Å². The number of Topliss-reactive ketones (excluding diaryl/α,β-unsaturated/α-hetero) is 1. The predicted octanol–water partition coefficient (Wildman–Crippen LogP) is -0.403. The number of ether oxygens (including phenoxy) is 1. The quantitative estimate of drug-likeness (QED) is 0.580. The SMILES string of the molecule is CC(C)C(=O)CN1C(=O)COCC1=O. The molecule has 1 aliphatic rings. The fourth-order valence-electron chi connectivity index (χ4n) is 1.04. The molecule has 0 atom stereocenters. The van der Waals surface area contributed by atoms with Crippen LogP contribution in [0.3, 0.4) is 0 Å². The predicted molar refractivity (Wildman–Crippen MR) is 47.4 cm³/mol. The Balaban J connectivity index is 2.61. The van der Waals surface area contributed by atoms with Crippen LogP contribution in [0.15, 0.2) is 0 Å². The summed E-state index contributed by atoms with van der Waals surface area (Å²) in [4.78, 5) is 34.7. The van der Waals surface area contributed by atoms with Crippen LogP contribution in [0.1, 0.15) is 13.8 Å². The monoisotopic (exact) mass is 199 g/mol. The summed E-state index contributed by atoms with van der Waals surface area (Å²) in [6, 6.07) is 0. The number of hydrogen-bond acceptors (Lipinski definition) is 4. The zero-order valence-electron chi connectivity index (χ0n) is 8.28. The lowest BCUT2D eigenvalue weighted by molar-refractivity contribution is -0.160. The van der Waals surface area contributed by atoms with Gasteiger partial charge in [-0.3, -0.25) is 19.3 Å². The van der Waals surface area contributed by atoms with Crippen molar-refractivity contribution in [2.75, 3.05) is 19.8 Å². The average Bonchev–Trinajstić information content (AvgIpc) is 2.11. The third-order valence-corrected chi connectivity index (χ3v) is 2.01. The van der Waals surface area contributed by atoms with Gasteiger partial charge in [0.25, 0.3) is 11.8 Å². The molecular formula is C9H13NO4. The van der Waals surface area contributed by atoms with Crippen LogP contribution in [0.5, 0.6) is 0 Å². The van der Waals surface area contributed by atoms with Gasteiger partial charge < -0.3 is 4.74 Å². The molecule has 0 unspecified atom stereocenters. The standard InChI is InChI=1S/C9H13NO4/c1-6(2)7(11)3-10-8(12)4-14-5-9(10)13/h6H,3-5H2,1-2H3. The molecule has 0 aliphatic carbocycles. The highest BCUT2D eigenvalue weighted by Gasteiger charge is 2.28. The van der Waals surface area contributed by atoms with E-state index in [2.05, 4.69) is 0 Å². The molecule has 5 nitrogen and oxygen atoms in total. The van der Waals surface area contributed by atoms with Crippen LogP contribution < -0.4 is 0 Å². The van der Waals surface area contributed by atoms with Gasteiger partial charge in [0.1, 0.15) is 13.2 Å². The second kappa shape index (κ2) is 4.32. The zero-order valence-corrected chi connectivity index (χ0v) is 8.28. The van der Waals surface area contributed by atoms with E-state index in [1.165, 1.54) is 0 Å². The number of hydrogen-bond donors (Lipinski definition) is 0. The van der Waals surface area contributed by atoms with Gasteiger partial charge in [-0.1, -0.05) is 13.8 Å². The van der Waals surface area contributed by atoms with Crippen molar-refractivity contribution in [1.29, 1.82) is 0 Å². The Morgan fingerprint density at radius 1 is 1.36 bits per heavy atom. The first-order chi connectivity index (χ1) is 6.52. The molecule has 0 bridgehead atoms. The first-order valence-electron chi connectivity index (χ1n) is 4.46. The summed E-state index contributed by atoms with van der Waals surface area (Å²) in [7, 11) is 0. The van der Waals surface area contributed by atoms with Gasteiger partial charge in [0.2, 0.25) is 0 Å². The molecule has 0 spiro atoms. The van der Waals surface area contributed by atoms with Gasteiger partial charge in [0.05, 0.1) is 6.54 Å². The Labute approximate surface area is 82.0 Å². The molecule has 0 saturated carbocycles. The van der Waals surface area contributed by atoms with E-state index in [-0.39, 0.29) is 31.5 Å². The maximum atomic E-state index is 11.3. The first-order valence-corrected chi connectivity index (χ1v) is 4.46. The number of carbonyl (C=O) groups excluding carboxylic acids is 3. The number of nitrogens with zero attached hydrogens (tertiary/aromatic N) is 1. The average molecular weight is 199 g/mol. The summed E-state index contributed by atoms with van der Waals surface area (Å²) in [5.74, 6) is -1.16. The van der Waals surface area contributed by atoms with Crippen LogP contribution in [-0.2, 0) is 19.1 Å². The maximum Gasteiger partial charge on any atom is 0.255 e. The minimum Gasteiger partial charge on any atom is -0.362 e. The third-order valence-electron chi connectivity index (χ3n) is 2.01. The number of amides is 2. The fraction of sp³-hybridized carbons (Fsp3) is 0.667. The highest BCUT2D eigenvalue weighted by Crippen LogP contribution is 2.03. The molecule has 1 rings (SSSR count). The van der Waals surface area contributed by atoms with Gasteiger partial charge in [-0.25, -0.2) is 0 Å². The summed E-state index contributed by atoms with van der Waals surface area (Å²) in [5, 5.41) is 0. The lowest BCUT2D eigenvalue weighted by Crippen LogP contribution is -2.48. The maximum absolute atomic E-state index is 11.3. The Morgan fingerprint density at radius 2 is 1.86 bits per heavy atom. The van der Waals surface area contributed by atoms with Crippen molar-refractivity contribution >= 4 is 17.6 Å². The molecule has 1 fully saturated rings. The van der Waals surface area contributed by atoms with Crippen LogP contribution in [-0.4, -0.2) is 42.3 Å². The van der Waals surface area contributed by atoms with E-state index in [9.17, 15) is 14.4 Å². The highest BCUT2D eigenvalue weighted by molar-refractivity contribution is 6.01. The largest absolute Gasteiger partial charge is 0.362 e. The molecule has 0 aromatic heterocycles. The number of imide groups is 1. The van der Waals surface area contributed by atoms with Crippen LogP contribution in [0, 0.1) is 5.92 Å². The Kier molecular flexibility index (Phi) is 3.35. The van der Waals surface area contributed by atoms with Gasteiger partial charge in [-0.15, -0.1) is 0 Å². The lowest BCUT2D eigenvalue weighted by Gasteiger charge is -2.24. The Morgan fingerprint density at radius 3 is 2.29 bits per heavy atom. The molecule has 0 radical (unpaired) electrons. The van der Waals surface area contributed by atoms with Crippen molar-refractivity contribution in [2.24, 2.45) is 5.92 Å². The Hall–Kier alpha value is -1.23. The van der Waals surface area contributed by atoms with Gasteiger partial charge in [0, 0.05) is 5.92 Å². The van der Waals surface area contributed by atoms with Gasteiger partial charge in [0.15, 0.2) is 5.78 Å². The van der Waals surface area contributed by atoms with E-state index in [1.54, 1.807) is 13.8 Å². The molecule has 1 heterocycles. The number of ketones is 1. The van der Waals surface area contributed by atoms with Crippen molar-refractivity contribution < 1.29 is 19.1 Å². The van der Waals surface area contributed by atoms with Crippen molar-refractivity contribution in [1.82, 2.24) is 4.90 Å². The first kappa shape index (κ1) is 10.8. The van der Waals surface area contributed by atoms with Crippen molar-refractivity contribution in [3.8, 4) is 0 Å². The molecule has 1 saturated heterocycles. The van der Waals surface area contributed by atoms with Crippen LogP contribution in [0.25, 0.3) is 0 Å². The molecule has 5 heteroatoms. The molecular weight excluding hydrogens is 186 g/mol. The minimum absolute atomic E-state index is 0.114. The number of rotatable bonds is 3. The van der Waals surface area contributed by atoms with E-state index in [0.29, 0.717) is 0 Å². The van der Waals surface area contributed by atoms with Crippen molar-refractivity contribution in [3.63, 3.8) is 0 Å². The molecule has 2 amide bonds. The van der Waals surface area contributed by atoms with Crippen molar-refractivity contribution in [2.45, 2.75) is 13.8 Å². The van der Waals surface area contributed by atoms with Crippen LogP contribution >= 0.6 is 0 Å². The summed E-state index contributed by atoms with van der Waals surface area (Å²) < 4.78 is 4.71. The number of carbonyl (C=O) groups is 3. The summed E-state index contributed by atoms with van der Waals surface area (Å²) >= 11 is 0. The molecule has 0 N–H and O–H groups in total. The molecule has 14 heavy (non-hydrogen) atoms. The highest BCUT2D eigenvalue weighted by atomic mass is 16.5. The smallest absolute Gasteiger partial charge is 0.255 e. The summed E-state index contributed by atoms with van der Waals surface area (Å²) in [6.07, 6.45) is 0. The van der Waals surface area contributed by atoms with E-state index in [0.717, 1.165) is 4.90 Å². The lowest BCUT2D eigenvalue weighted by atomic mass is 10.1. The molecule has 78 valence electrons. The van der Waals surface area contributed by atoms with E-state index in [1.807, 2.05) is 0 Å². The van der Waals surface area contributed by atoms with Gasteiger partial charge in [-0.05, 0) is 0 Å². The molecule has 0 aromatic rings. The summed E-state index contributed by atoms with van der Waals surface area (Å²) in [5.41, 5.74) is 0. The van der Waals surface area contributed by atoms with Crippen LogP contribution in [0.2, 0.25) is 0 Å². The molecule has 0 aromatic carbocycles. The van der Waals surface area contributed by atoms with Crippen LogP contribution in [0.4, 0.5) is 0 Å². The molecule has 1 aliphatic heterocycles. The zero-order chi connectivity index (χ0) is 10.7. The van der Waals surface area contributed by atoms with Crippen molar-refractivity contribution in [3.05, 3.63) is 0 Å².